The van der Waals surface area contributed by atoms with E-state index in [0.717, 1.165) is 17.9 Å². The first-order valence-electron chi connectivity index (χ1n) is 6.63. The van der Waals surface area contributed by atoms with Gasteiger partial charge in [0.05, 0.1) is 7.11 Å². The molecular formula is C15H22N2O2. The van der Waals surface area contributed by atoms with Crippen LogP contribution >= 0.6 is 0 Å². The second kappa shape index (κ2) is 5.21. The Morgan fingerprint density at radius 2 is 2.00 bits per heavy atom. The third kappa shape index (κ3) is 2.89. The zero-order chi connectivity index (χ0) is 14.0. The first kappa shape index (κ1) is 13.9. The number of hydrogen-bond acceptors (Lipinski definition) is 3. The van der Waals surface area contributed by atoms with E-state index in [1.165, 1.54) is 5.56 Å². The van der Waals surface area contributed by atoms with Crippen molar-refractivity contribution < 1.29 is 9.53 Å². The Bertz CT molecular complexity index is 478. The highest BCUT2D eigenvalue weighted by Crippen LogP contribution is 2.32. The van der Waals surface area contributed by atoms with Gasteiger partial charge in [0.2, 0.25) is 5.91 Å². The molecule has 1 aliphatic rings. The molecule has 0 radical (unpaired) electrons. The largest absolute Gasteiger partial charge is 0.496 e. The molecule has 0 aliphatic carbocycles. The van der Waals surface area contributed by atoms with E-state index in [-0.39, 0.29) is 17.4 Å². The van der Waals surface area contributed by atoms with E-state index in [1.54, 1.807) is 7.11 Å². The second-order valence-corrected chi connectivity index (χ2v) is 5.88. The molecule has 0 bridgehead atoms. The standard InChI is InChI=1S/C15H22N2O2/c1-15(2,3)10-5-6-12(19-4)11(9-10)13-14(18)17-8-7-16-13/h5-6,9,13,16H,7-8H2,1-4H3,(H,17,18). The van der Waals surface area contributed by atoms with Crippen molar-refractivity contribution in [3.05, 3.63) is 29.3 Å². The van der Waals surface area contributed by atoms with Crippen LogP contribution in [0.3, 0.4) is 0 Å². The first-order valence-corrected chi connectivity index (χ1v) is 6.63. The van der Waals surface area contributed by atoms with Crippen molar-refractivity contribution in [2.24, 2.45) is 0 Å². The minimum Gasteiger partial charge on any atom is -0.496 e. The maximum absolute atomic E-state index is 12.0. The zero-order valence-electron chi connectivity index (χ0n) is 12.0. The van der Waals surface area contributed by atoms with E-state index in [0.29, 0.717) is 6.54 Å². The summed E-state index contributed by atoms with van der Waals surface area (Å²) in [4.78, 5) is 12.0. The van der Waals surface area contributed by atoms with Crippen LogP contribution in [0, 0.1) is 0 Å². The van der Waals surface area contributed by atoms with Crippen LogP contribution in [0.4, 0.5) is 0 Å². The van der Waals surface area contributed by atoms with Crippen molar-refractivity contribution in [1.82, 2.24) is 10.6 Å². The lowest BCUT2D eigenvalue weighted by atomic mass is 9.85. The summed E-state index contributed by atoms with van der Waals surface area (Å²) in [7, 11) is 1.64. The maximum Gasteiger partial charge on any atom is 0.241 e. The molecule has 2 rings (SSSR count). The number of amides is 1. The third-order valence-corrected chi connectivity index (χ3v) is 3.44. The quantitative estimate of drug-likeness (QED) is 0.854. The van der Waals surface area contributed by atoms with Gasteiger partial charge in [0.15, 0.2) is 0 Å². The van der Waals surface area contributed by atoms with Crippen LogP contribution in [-0.4, -0.2) is 26.1 Å². The SMILES string of the molecule is COc1ccc(C(C)(C)C)cc1C1NCCNC1=O. The smallest absolute Gasteiger partial charge is 0.241 e. The fraction of sp³-hybridized carbons (Fsp3) is 0.533. The second-order valence-electron chi connectivity index (χ2n) is 5.88. The normalized spacial score (nSPS) is 20.0. The number of nitrogens with one attached hydrogen (secondary N) is 2. The monoisotopic (exact) mass is 262 g/mol. The average Bonchev–Trinajstić information content (AvgIpc) is 2.37. The number of benzene rings is 1. The van der Waals surface area contributed by atoms with Gasteiger partial charge >= 0.3 is 0 Å². The molecule has 2 N–H and O–H groups in total. The van der Waals surface area contributed by atoms with Gasteiger partial charge in [-0.15, -0.1) is 0 Å². The number of ether oxygens (including phenoxy) is 1. The van der Waals surface area contributed by atoms with Crippen LogP contribution in [-0.2, 0) is 10.2 Å². The number of piperazine rings is 1. The molecule has 1 fully saturated rings. The summed E-state index contributed by atoms with van der Waals surface area (Å²) >= 11 is 0. The molecule has 1 amide bonds. The molecule has 0 spiro atoms. The topological polar surface area (TPSA) is 50.4 Å². The molecule has 1 saturated heterocycles. The number of rotatable bonds is 2. The van der Waals surface area contributed by atoms with E-state index < -0.39 is 0 Å². The van der Waals surface area contributed by atoms with Gasteiger partial charge in [-0.3, -0.25) is 4.79 Å². The fourth-order valence-electron chi connectivity index (χ4n) is 2.27. The van der Waals surface area contributed by atoms with Crippen molar-refractivity contribution in [2.75, 3.05) is 20.2 Å². The lowest BCUT2D eigenvalue weighted by molar-refractivity contribution is -0.124. The summed E-state index contributed by atoms with van der Waals surface area (Å²) in [6.45, 7) is 7.93. The molecule has 1 aromatic carbocycles. The van der Waals surface area contributed by atoms with E-state index in [2.05, 4.69) is 43.5 Å². The minimum atomic E-state index is -0.328. The van der Waals surface area contributed by atoms with Gasteiger partial charge in [-0.2, -0.15) is 0 Å². The van der Waals surface area contributed by atoms with Crippen LogP contribution in [0.1, 0.15) is 37.9 Å². The molecule has 104 valence electrons. The van der Waals surface area contributed by atoms with Crippen molar-refractivity contribution in [2.45, 2.75) is 32.2 Å². The summed E-state index contributed by atoms with van der Waals surface area (Å²) in [5.74, 6) is 0.762. The predicted octanol–water partition coefficient (Wildman–Crippen LogP) is 1.75. The Labute approximate surface area is 114 Å². The van der Waals surface area contributed by atoms with Crippen LogP contribution in [0.2, 0.25) is 0 Å². The van der Waals surface area contributed by atoms with E-state index in [4.69, 9.17) is 4.74 Å². The number of carbonyl (C=O) groups is 1. The van der Waals surface area contributed by atoms with Crippen LogP contribution in [0.25, 0.3) is 0 Å². The van der Waals surface area contributed by atoms with Crippen molar-refractivity contribution in [3.63, 3.8) is 0 Å². The summed E-state index contributed by atoms with van der Waals surface area (Å²) in [5.41, 5.74) is 2.15. The van der Waals surface area contributed by atoms with Crippen LogP contribution in [0.5, 0.6) is 5.75 Å². The summed E-state index contributed by atoms with van der Waals surface area (Å²) < 4.78 is 5.39. The molecule has 1 atom stereocenters. The number of methoxy groups -OCH3 is 1. The zero-order valence-corrected chi connectivity index (χ0v) is 12.0. The molecule has 4 nitrogen and oxygen atoms in total. The molecule has 1 heterocycles. The average molecular weight is 262 g/mol. The van der Waals surface area contributed by atoms with Gasteiger partial charge < -0.3 is 15.4 Å². The number of carbonyl (C=O) groups excluding carboxylic acids is 1. The lowest BCUT2D eigenvalue weighted by Crippen LogP contribution is -2.47. The Balaban J connectivity index is 2.44. The van der Waals surface area contributed by atoms with E-state index >= 15 is 0 Å². The lowest BCUT2D eigenvalue weighted by Gasteiger charge is -2.27. The van der Waals surface area contributed by atoms with Gasteiger partial charge in [-0.1, -0.05) is 26.8 Å². The summed E-state index contributed by atoms with van der Waals surface area (Å²) in [6.07, 6.45) is 0. The molecule has 19 heavy (non-hydrogen) atoms. The van der Waals surface area contributed by atoms with Gasteiger partial charge in [0, 0.05) is 18.7 Å². The van der Waals surface area contributed by atoms with Crippen LogP contribution in [0.15, 0.2) is 18.2 Å². The number of hydrogen-bond donors (Lipinski definition) is 2. The van der Waals surface area contributed by atoms with E-state index in [1.807, 2.05) is 6.07 Å². The van der Waals surface area contributed by atoms with Gasteiger partial charge in [-0.05, 0) is 23.1 Å². The molecular weight excluding hydrogens is 240 g/mol. The van der Waals surface area contributed by atoms with Crippen molar-refractivity contribution in [3.8, 4) is 5.75 Å². The van der Waals surface area contributed by atoms with Gasteiger partial charge in [-0.25, -0.2) is 0 Å². The Morgan fingerprint density at radius 3 is 2.58 bits per heavy atom. The first-order chi connectivity index (χ1) is 8.93. The van der Waals surface area contributed by atoms with Gasteiger partial charge in [0.1, 0.15) is 11.8 Å². The molecule has 0 aromatic heterocycles. The highest BCUT2D eigenvalue weighted by Gasteiger charge is 2.27. The molecule has 4 heteroatoms. The van der Waals surface area contributed by atoms with E-state index in [9.17, 15) is 4.79 Å². The summed E-state index contributed by atoms with van der Waals surface area (Å²) in [6, 6.07) is 5.75. The highest BCUT2D eigenvalue weighted by atomic mass is 16.5. The fourth-order valence-corrected chi connectivity index (χ4v) is 2.27. The van der Waals surface area contributed by atoms with Crippen LogP contribution < -0.4 is 15.4 Å². The Kier molecular flexibility index (Phi) is 3.80. The molecule has 1 unspecified atom stereocenters. The molecule has 1 aromatic rings. The third-order valence-electron chi connectivity index (χ3n) is 3.44. The molecule has 1 aliphatic heterocycles. The maximum atomic E-state index is 12.0. The molecule has 0 saturated carbocycles. The van der Waals surface area contributed by atoms with Crippen molar-refractivity contribution >= 4 is 5.91 Å². The van der Waals surface area contributed by atoms with Crippen molar-refractivity contribution in [1.29, 1.82) is 0 Å². The Morgan fingerprint density at radius 1 is 1.26 bits per heavy atom. The van der Waals surface area contributed by atoms with Gasteiger partial charge in [0.25, 0.3) is 0 Å². The predicted molar refractivity (Wildman–Crippen MR) is 75.4 cm³/mol. The highest BCUT2D eigenvalue weighted by molar-refractivity contribution is 5.84. The summed E-state index contributed by atoms with van der Waals surface area (Å²) in [5, 5.41) is 6.13. The minimum absolute atomic E-state index is 0.00982. The Hall–Kier alpha value is -1.55.